The van der Waals surface area contributed by atoms with Crippen LogP contribution in [0.15, 0.2) is 27.2 Å². The molecule has 0 unspecified atom stereocenters. The number of aromatic amines is 1. The average Bonchev–Trinajstić information content (AvgIpc) is 2.71. The zero-order valence-corrected chi connectivity index (χ0v) is 10.3. The van der Waals surface area contributed by atoms with Crippen LogP contribution in [0.3, 0.4) is 0 Å². The molecule has 2 rings (SSSR count). The van der Waals surface area contributed by atoms with Crippen LogP contribution in [-0.4, -0.2) is 14.5 Å². The van der Waals surface area contributed by atoms with Gasteiger partial charge in [0.15, 0.2) is 0 Å². The Morgan fingerprint density at radius 2 is 2.29 bits per heavy atom. The fourth-order valence-electron chi connectivity index (χ4n) is 1.49. The van der Waals surface area contributed by atoms with Gasteiger partial charge in [0.05, 0.1) is 17.2 Å². The van der Waals surface area contributed by atoms with Gasteiger partial charge in [0, 0.05) is 17.6 Å². The number of rotatable bonds is 4. The molecule has 0 aliphatic rings. The molecule has 0 fully saturated rings. The normalized spacial score (nSPS) is 10.6. The van der Waals surface area contributed by atoms with Crippen LogP contribution in [0.25, 0.3) is 0 Å². The molecule has 0 saturated heterocycles. The van der Waals surface area contributed by atoms with Crippen LogP contribution in [0.2, 0.25) is 0 Å². The number of H-pyrrole nitrogens is 1. The summed E-state index contributed by atoms with van der Waals surface area (Å²) in [5.41, 5.74) is 0.0753. The quantitative estimate of drug-likeness (QED) is 0.881. The van der Waals surface area contributed by atoms with Crippen LogP contribution in [0.5, 0.6) is 0 Å². The number of aryl methyl sites for hydroxylation is 1. The second kappa shape index (κ2) is 5.09. The molecule has 2 aromatic rings. The monoisotopic (exact) mass is 251 g/mol. The van der Waals surface area contributed by atoms with Gasteiger partial charge in [0.25, 0.3) is 5.56 Å². The number of thiazole rings is 1. The first kappa shape index (κ1) is 11.8. The van der Waals surface area contributed by atoms with Crippen LogP contribution >= 0.6 is 11.3 Å². The van der Waals surface area contributed by atoms with Gasteiger partial charge in [-0.25, -0.2) is 9.78 Å². The molecule has 0 amide bonds. The highest BCUT2D eigenvalue weighted by Gasteiger charge is 2.03. The smallest absolute Gasteiger partial charge is 0.295 e. The van der Waals surface area contributed by atoms with Gasteiger partial charge >= 0.3 is 5.69 Å². The molecule has 6 heteroatoms. The Balaban J connectivity index is 2.19. The molecule has 0 saturated carbocycles. The molecule has 0 aliphatic carbocycles. The Morgan fingerprint density at radius 3 is 3.00 bits per heavy atom. The average molecular weight is 251 g/mol. The van der Waals surface area contributed by atoms with Crippen molar-refractivity contribution in [3.8, 4) is 0 Å². The topological polar surface area (TPSA) is 67.8 Å². The van der Waals surface area contributed by atoms with Crippen LogP contribution in [0.1, 0.15) is 24.0 Å². The zero-order chi connectivity index (χ0) is 12.3. The largest absolute Gasteiger partial charge is 0.328 e. The van der Waals surface area contributed by atoms with Crippen LogP contribution in [0, 0.1) is 0 Å². The van der Waals surface area contributed by atoms with E-state index >= 15 is 0 Å². The van der Waals surface area contributed by atoms with Crippen molar-refractivity contribution >= 4 is 11.3 Å². The molecule has 0 radical (unpaired) electrons. The van der Waals surface area contributed by atoms with Crippen LogP contribution in [0.4, 0.5) is 0 Å². The Morgan fingerprint density at radius 1 is 1.47 bits per heavy atom. The van der Waals surface area contributed by atoms with E-state index in [0.717, 1.165) is 23.5 Å². The van der Waals surface area contributed by atoms with E-state index in [-0.39, 0.29) is 5.56 Å². The Labute approximate surface area is 102 Å². The highest BCUT2D eigenvalue weighted by Crippen LogP contribution is 2.12. The summed E-state index contributed by atoms with van der Waals surface area (Å²) >= 11 is 1.60. The number of nitrogens with one attached hydrogen (secondary N) is 1. The maximum Gasteiger partial charge on any atom is 0.328 e. The van der Waals surface area contributed by atoms with E-state index in [1.807, 2.05) is 5.38 Å². The number of hydrogen-bond acceptors (Lipinski definition) is 4. The van der Waals surface area contributed by atoms with Gasteiger partial charge in [-0.15, -0.1) is 11.3 Å². The van der Waals surface area contributed by atoms with E-state index in [1.165, 1.54) is 16.8 Å². The Hall–Kier alpha value is -1.69. The SMILES string of the molecule is CCCc1nc(Cn2ccc(=O)[nH]c2=O)cs1. The van der Waals surface area contributed by atoms with Crippen LogP contribution in [-0.2, 0) is 13.0 Å². The Kier molecular flexibility index (Phi) is 3.53. The molecule has 2 aromatic heterocycles. The minimum Gasteiger partial charge on any atom is -0.295 e. The molecule has 0 aliphatic heterocycles. The highest BCUT2D eigenvalue weighted by atomic mass is 32.1. The summed E-state index contributed by atoms with van der Waals surface area (Å²) in [5.74, 6) is 0. The Bertz CT molecular complexity index is 611. The standard InChI is InChI=1S/C11H13N3O2S/c1-2-3-10-12-8(7-17-10)6-14-5-4-9(15)13-11(14)16/h4-5,7H,2-3,6H2,1H3,(H,13,15,16). The second-order valence-electron chi connectivity index (χ2n) is 3.72. The first-order valence-corrected chi connectivity index (χ1v) is 6.30. The molecule has 0 aromatic carbocycles. The highest BCUT2D eigenvalue weighted by molar-refractivity contribution is 7.09. The summed E-state index contributed by atoms with van der Waals surface area (Å²) in [6, 6.07) is 1.33. The second-order valence-corrected chi connectivity index (χ2v) is 4.66. The minimum atomic E-state index is -0.400. The maximum atomic E-state index is 11.5. The van der Waals surface area contributed by atoms with Gasteiger partial charge in [-0.05, 0) is 12.8 Å². The van der Waals surface area contributed by atoms with Crippen molar-refractivity contribution in [2.75, 3.05) is 0 Å². The lowest BCUT2D eigenvalue weighted by molar-refractivity contribution is 0.705. The zero-order valence-electron chi connectivity index (χ0n) is 9.47. The summed E-state index contributed by atoms with van der Waals surface area (Å²) in [6.45, 7) is 2.50. The molecular weight excluding hydrogens is 238 g/mol. The maximum absolute atomic E-state index is 11.5. The van der Waals surface area contributed by atoms with E-state index in [9.17, 15) is 9.59 Å². The van der Waals surface area contributed by atoms with Gasteiger partial charge in [0.1, 0.15) is 0 Å². The van der Waals surface area contributed by atoms with Crippen molar-refractivity contribution in [2.24, 2.45) is 0 Å². The molecular formula is C11H13N3O2S. The number of aromatic nitrogens is 3. The summed E-state index contributed by atoms with van der Waals surface area (Å²) in [7, 11) is 0. The lowest BCUT2D eigenvalue weighted by Gasteiger charge is -2.00. The summed E-state index contributed by atoms with van der Waals surface area (Å²) in [5, 5.41) is 3.03. The third-order valence-corrected chi connectivity index (χ3v) is 3.25. The fraction of sp³-hybridized carbons (Fsp3) is 0.364. The molecule has 0 atom stereocenters. The van der Waals surface area contributed by atoms with Gasteiger partial charge in [-0.2, -0.15) is 0 Å². The van der Waals surface area contributed by atoms with E-state index in [2.05, 4.69) is 16.9 Å². The predicted molar refractivity (Wildman–Crippen MR) is 66.5 cm³/mol. The first-order valence-electron chi connectivity index (χ1n) is 5.42. The molecule has 90 valence electrons. The number of nitrogens with zero attached hydrogens (tertiary/aromatic N) is 2. The van der Waals surface area contributed by atoms with E-state index in [0.29, 0.717) is 6.54 Å². The van der Waals surface area contributed by atoms with Crippen LogP contribution < -0.4 is 11.2 Å². The minimum absolute atomic E-state index is 0.379. The predicted octanol–water partition coefficient (Wildman–Crippen LogP) is 0.994. The van der Waals surface area contributed by atoms with Crippen molar-refractivity contribution in [1.29, 1.82) is 0 Å². The van der Waals surface area contributed by atoms with Crippen molar-refractivity contribution in [2.45, 2.75) is 26.3 Å². The number of hydrogen-bond donors (Lipinski definition) is 1. The van der Waals surface area contributed by atoms with E-state index in [4.69, 9.17) is 0 Å². The van der Waals surface area contributed by atoms with Gasteiger partial charge in [-0.1, -0.05) is 6.92 Å². The van der Waals surface area contributed by atoms with Crippen molar-refractivity contribution < 1.29 is 0 Å². The lowest BCUT2D eigenvalue weighted by Crippen LogP contribution is -2.28. The third kappa shape index (κ3) is 2.91. The van der Waals surface area contributed by atoms with Crippen molar-refractivity contribution in [3.63, 3.8) is 0 Å². The van der Waals surface area contributed by atoms with E-state index < -0.39 is 5.69 Å². The van der Waals surface area contributed by atoms with Gasteiger partial charge in [-0.3, -0.25) is 14.3 Å². The molecule has 5 nitrogen and oxygen atoms in total. The van der Waals surface area contributed by atoms with E-state index in [1.54, 1.807) is 11.3 Å². The van der Waals surface area contributed by atoms with Crippen molar-refractivity contribution in [3.05, 3.63) is 49.2 Å². The summed E-state index contributed by atoms with van der Waals surface area (Å²) in [4.78, 5) is 29.0. The van der Waals surface area contributed by atoms with Gasteiger partial charge < -0.3 is 0 Å². The summed E-state index contributed by atoms with van der Waals surface area (Å²) in [6.07, 6.45) is 3.51. The third-order valence-electron chi connectivity index (χ3n) is 2.29. The van der Waals surface area contributed by atoms with Gasteiger partial charge in [0.2, 0.25) is 0 Å². The molecule has 0 bridgehead atoms. The lowest BCUT2D eigenvalue weighted by atomic mass is 10.3. The van der Waals surface area contributed by atoms with Crippen molar-refractivity contribution in [1.82, 2.24) is 14.5 Å². The summed E-state index contributed by atoms with van der Waals surface area (Å²) < 4.78 is 1.44. The molecule has 1 N–H and O–H groups in total. The fourth-order valence-corrected chi connectivity index (χ4v) is 2.38. The first-order chi connectivity index (χ1) is 8.19. The molecule has 17 heavy (non-hydrogen) atoms. The molecule has 0 spiro atoms. The molecule has 2 heterocycles.